The molecule has 0 radical (unpaired) electrons. The van der Waals surface area contributed by atoms with Crippen molar-refractivity contribution >= 4 is 0 Å². The van der Waals surface area contributed by atoms with Crippen LogP contribution in [0.15, 0.2) is 12.2 Å². The van der Waals surface area contributed by atoms with E-state index in [9.17, 15) is 0 Å². The molecule has 0 aromatic carbocycles. The van der Waals surface area contributed by atoms with Crippen LogP contribution in [-0.2, 0) is 0 Å². The topological polar surface area (TPSA) is 26.0 Å². The molecule has 3 rings (SSSR count). The van der Waals surface area contributed by atoms with Gasteiger partial charge in [-0.25, -0.2) is 0 Å². The van der Waals surface area contributed by atoms with Crippen LogP contribution in [0.5, 0.6) is 0 Å². The van der Waals surface area contributed by atoms with Crippen LogP contribution in [0.4, 0.5) is 0 Å². The summed E-state index contributed by atoms with van der Waals surface area (Å²) in [6, 6.07) is 0. The van der Waals surface area contributed by atoms with E-state index in [0.717, 1.165) is 12.5 Å². The van der Waals surface area contributed by atoms with Crippen molar-refractivity contribution in [3.8, 4) is 0 Å². The fourth-order valence-corrected chi connectivity index (χ4v) is 3.79. The normalized spacial score (nSPS) is 49.6. The average molecular weight is 193 g/mol. The first-order valence-electron chi connectivity index (χ1n) is 5.81. The minimum Gasteiger partial charge on any atom is -0.330 e. The van der Waals surface area contributed by atoms with Gasteiger partial charge in [0.25, 0.3) is 0 Å². The lowest BCUT2D eigenvalue weighted by Crippen LogP contribution is -2.53. The molecule has 0 spiro atoms. The number of fused-ring (bicyclic) bond motifs is 2. The van der Waals surface area contributed by atoms with Crippen LogP contribution in [0.1, 0.15) is 34.1 Å². The first-order chi connectivity index (χ1) is 6.42. The fourth-order valence-electron chi connectivity index (χ4n) is 3.79. The molecule has 1 heteroatoms. The van der Waals surface area contributed by atoms with Crippen molar-refractivity contribution in [2.45, 2.75) is 34.1 Å². The van der Waals surface area contributed by atoms with Gasteiger partial charge in [0, 0.05) is 0 Å². The van der Waals surface area contributed by atoms with Crippen molar-refractivity contribution < 1.29 is 0 Å². The molecule has 4 atom stereocenters. The molecule has 14 heavy (non-hydrogen) atoms. The van der Waals surface area contributed by atoms with E-state index in [4.69, 9.17) is 5.73 Å². The quantitative estimate of drug-likeness (QED) is 0.637. The van der Waals surface area contributed by atoms with Gasteiger partial charge in [-0.1, -0.05) is 39.8 Å². The van der Waals surface area contributed by atoms with Crippen LogP contribution in [0.25, 0.3) is 0 Å². The van der Waals surface area contributed by atoms with Gasteiger partial charge >= 0.3 is 0 Å². The summed E-state index contributed by atoms with van der Waals surface area (Å²) < 4.78 is 0. The molecule has 0 saturated heterocycles. The van der Waals surface area contributed by atoms with Gasteiger partial charge in [0.05, 0.1) is 0 Å². The number of nitrogens with two attached hydrogens (primary N) is 1. The smallest absolute Gasteiger partial charge is 0.00427 e. The van der Waals surface area contributed by atoms with Crippen LogP contribution in [0.2, 0.25) is 0 Å². The van der Waals surface area contributed by atoms with Crippen LogP contribution in [0, 0.1) is 28.6 Å². The summed E-state index contributed by atoms with van der Waals surface area (Å²) >= 11 is 0. The van der Waals surface area contributed by atoms with Crippen molar-refractivity contribution in [2.24, 2.45) is 34.3 Å². The van der Waals surface area contributed by atoms with Crippen LogP contribution in [-0.4, -0.2) is 6.54 Å². The van der Waals surface area contributed by atoms with Crippen molar-refractivity contribution in [1.29, 1.82) is 0 Å². The maximum atomic E-state index is 5.88. The highest BCUT2D eigenvalue weighted by Gasteiger charge is 2.53. The van der Waals surface area contributed by atoms with E-state index in [2.05, 4.69) is 39.8 Å². The molecule has 0 aromatic heterocycles. The maximum absolute atomic E-state index is 5.88. The van der Waals surface area contributed by atoms with Crippen molar-refractivity contribution in [1.82, 2.24) is 0 Å². The largest absolute Gasteiger partial charge is 0.330 e. The molecule has 1 fully saturated rings. The van der Waals surface area contributed by atoms with E-state index >= 15 is 0 Å². The average Bonchev–Trinajstić information content (AvgIpc) is 2.13. The Kier molecular flexibility index (Phi) is 2.08. The van der Waals surface area contributed by atoms with Crippen LogP contribution < -0.4 is 5.73 Å². The molecule has 0 aliphatic heterocycles. The second-order valence-corrected chi connectivity index (χ2v) is 6.13. The molecule has 0 aromatic rings. The lowest BCUT2D eigenvalue weighted by Gasteiger charge is -2.58. The summed E-state index contributed by atoms with van der Waals surface area (Å²) in [5.41, 5.74) is 6.69. The summed E-state index contributed by atoms with van der Waals surface area (Å²) in [5.74, 6) is 2.17. The Hall–Kier alpha value is -0.300. The summed E-state index contributed by atoms with van der Waals surface area (Å²) in [7, 11) is 0. The zero-order valence-corrected chi connectivity index (χ0v) is 9.88. The maximum Gasteiger partial charge on any atom is -0.00427 e. The first kappa shape index (κ1) is 10.2. The molecule has 80 valence electrons. The number of hydrogen-bond donors (Lipinski definition) is 1. The molecule has 0 heterocycles. The SMILES string of the molecule is CC1C2(C)C=CC(C(CN)C2)C1(C)C. The summed E-state index contributed by atoms with van der Waals surface area (Å²) in [4.78, 5) is 0. The second-order valence-electron chi connectivity index (χ2n) is 6.13. The Morgan fingerprint density at radius 2 is 2.00 bits per heavy atom. The van der Waals surface area contributed by atoms with Gasteiger partial charge in [-0.2, -0.15) is 0 Å². The van der Waals surface area contributed by atoms with E-state index in [1.54, 1.807) is 0 Å². The molecule has 0 amide bonds. The Morgan fingerprint density at radius 1 is 1.36 bits per heavy atom. The Balaban J connectivity index is 2.41. The van der Waals surface area contributed by atoms with E-state index in [0.29, 0.717) is 22.7 Å². The van der Waals surface area contributed by atoms with Gasteiger partial charge < -0.3 is 5.73 Å². The van der Waals surface area contributed by atoms with E-state index in [1.807, 2.05) is 0 Å². The third kappa shape index (κ3) is 1.11. The molecule has 2 bridgehead atoms. The number of hydrogen-bond acceptors (Lipinski definition) is 1. The predicted molar refractivity (Wildman–Crippen MR) is 60.8 cm³/mol. The molecule has 1 saturated carbocycles. The van der Waals surface area contributed by atoms with Gasteiger partial charge in [-0.15, -0.1) is 0 Å². The van der Waals surface area contributed by atoms with Gasteiger partial charge in [0.2, 0.25) is 0 Å². The van der Waals surface area contributed by atoms with Crippen molar-refractivity contribution in [3.63, 3.8) is 0 Å². The highest BCUT2D eigenvalue weighted by molar-refractivity contribution is 5.19. The molecule has 3 aliphatic rings. The molecule has 4 unspecified atom stereocenters. The van der Waals surface area contributed by atoms with Gasteiger partial charge in [0.1, 0.15) is 0 Å². The standard InChI is InChI=1S/C13H23N/c1-9-12(2,3)11-5-6-13(9,4)7-10(11)8-14/h5-6,9-11H,7-8,14H2,1-4H3. The zero-order valence-electron chi connectivity index (χ0n) is 9.88. The van der Waals surface area contributed by atoms with Gasteiger partial charge in [-0.05, 0) is 41.5 Å². The Morgan fingerprint density at radius 3 is 2.50 bits per heavy atom. The van der Waals surface area contributed by atoms with Crippen molar-refractivity contribution in [2.75, 3.05) is 6.54 Å². The number of allylic oxidation sites excluding steroid dienone is 2. The minimum absolute atomic E-state index is 0.391. The molecule has 3 aliphatic carbocycles. The zero-order chi connectivity index (χ0) is 10.6. The van der Waals surface area contributed by atoms with E-state index < -0.39 is 0 Å². The van der Waals surface area contributed by atoms with Gasteiger partial charge in [0.15, 0.2) is 0 Å². The monoisotopic (exact) mass is 193 g/mol. The first-order valence-corrected chi connectivity index (χ1v) is 5.81. The Labute approximate surface area is 87.8 Å². The summed E-state index contributed by atoms with van der Waals surface area (Å²) in [6.45, 7) is 10.5. The molecular formula is C13H23N. The van der Waals surface area contributed by atoms with Crippen LogP contribution in [0.3, 0.4) is 0 Å². The lowest BCUT2D eigenvalue weighted by atomic mass is 9.46. The highest BCUT2D eigenvalue weighted by atomic mass is 14.6. The van der Waals surface area contributed by atoms with E-state index in [1.165, 1.54) is 6.42 Å². The minimum atomic E-state index is 0.391. The lowest BCUT2D eigenvalue weighted by molar-refractivity contribution is -0.0412. The fraction of sp³-hybridized carbons (Fsp3) is 0.846. The summed E-state index contributed by atoms with van der Waals surface area (Å²) in [6.07, 6.45) is 6.16. The summed E-state index contributed by atoms with van der Waals surface area (Å²) in [5, 5.41) is 0. The Bertz CT molecular complexity index is 266. The van der Waals surface area contributed by atoms with E-state index in [-0.39, 0.29) is 0 Å². The van der Waals surface area contributed by atoms with Crippen molar-refractivity contribution in [3.05, 3.63) is 12.2 Å². The predicted octanol–water partition coefficient (Wildman–Crippen LogP) is 2.82. The third-order valence-corrected chi connectivity index (χ3v) is 5.16. The highest BCUT2D eigenvalue weighted by Crippen LogP contribution is 2.60. The molecule has 2 N–H and O–H groups in total. The number of rotatable bonds is 1. The van der Waals surface area contributed by atoms with Crippen LogP contribution >= 0.6 is 0 Å². The second kappa shape index (κ2) is 2.85. The molecular weight excluding hydrogens is 170 g/mol. The third-order valence-electron chi connectivity index (χ3n) is 5.16. The molecule has 1 nitrogen and oxygen atoms in total. The van der Waals surface area contributed by atoms with Gasteiger partial charge in [-0.3, -0.25) is 0 Å².